The second-order valence-corrected chi connectivity index (χ2v) is 13.9. The lowest BCUT2D eigenvalue weighted by atomic mass is 10.2. The second-order valence-electron chi connectivity index (χ2n) is 7.25. The molecule has 2 aromatic rings. The van der Waals surface area contributed by atoms with Crippen molar-refractivity contribution < 1.29 is 8.42 Å². The molecule has 3 rings (SSSR count). The molecular formula is C19H21NO3SSi. The van der Waals surface area contributed by atoms with Gasteiger partial charge in [-0.15, -0.1) is 5.54 Å². The lowest BCUT2D eigenvalue weighted by Crippen LogP contribution is -2.25. The summed E-state index contributed by atoms with van der Waals surface area (Å²) in [4.78, 5) is 13.1. The van der Waals surface area contributed by atoms with Crippen LogP contribution in [0.25, 0.3) is 0 Å². The van der Waals surface area contributed by atoms with Gasteiger partial charge in [-0.2, -0.15) is 0 Å². The minimum atomic E-state index is -3.67. The van der Waals surface area contributed by atoms with E-state index >= 15 is 0 Å². The summed E-state index contributed by atoms with van der Waals surface area (Å²) in [5.74, 6) is 2.96. The van der Waals surface area contributed by atoms with E-state index in [0.29, 0.717) is 18.7 Å². The molecule has 0 atom stereocenters. The first-order valence-corrected chi connectivity index (χ1v) is 13.3. The van der Waals surface area contributed by atoms with E-state index in [1.165, 1.54) is 6.07 Å². The molecule has 4 nitrogen and oxygen atoms in total. The molecule has 2 heterocycles. The zero-order chi connectivity index (χ0) is 18.2. The van der Waals surface area contributed by atoms with Gasteiger partial charge in [0.15, 0.2) is 0 Å². The van der Waals surface area contributed by atoms with Crippen molar-refractivity contribution in [3.63, 3.8) is 0 Å². The lowest BCUT2D eigenvalue weighted by molar-refractivity contribution is 0.593. The van der Waals surface area contributed by atoms with Crippen molar-refractivity contribution in [3.05, 3.63) is 58.0 Å². The molecular weight excluding hydrogens is 350 g/mol. The highest BCUT2D eigenvalue weighted by Crippen LogP contribution is 2.27. The Bertz CT molecular complexity index is 1040. The van der Waals surface area contributed by atoms with Gasteiger partial charge in [0.25, 0.3) is 5.56 Å². The number of rotatable bonds is 2. The molecule has 6 heteroatoms. The van der Waals surface area contributed by atoms with E-state index in [1.807, 2.05) is 0 Å². The first kappa shape index (κ1) is 17.7. The number of fused-ring (bicyclic) bond motifs is 1. The molecule has 0 bridgehead atoms. The number of pyridine rings is 1. The maximum atomic E-state index is 13.1. The summed E-state index contributed by atoms with van der Waals surface area (Å²) in [6, 6.07) is 9.83. The minimum Gasteiger partial charge on any atom is -0.310 e. The van der Waals surface area contributed by atoms with E-state index in [9.17, 15) is 13.2 Å². The molecule has 0 aliphatic carbocycles. The summed E-state index contributed by atoms with van der Waals surface area (Å²) in [5.41, 5.74) is 3.88. The summed E-state index contributed by atoms with van der Waals surface area (Å²) < 4.78 is 27.8. The van der Waals surface area contributed by atoms with Gasteiger partial charge >= 0.3 is 0 Å². The normalized spacial score (nSPS) is 13.9. The highest BCUT2D eigenvalue weighted by molar-refractivity contribution is 7.91. The zero-order valence-corrected chi connectivity index (χ0v) is 16.5. The molecule has 25 heavy (non-hydrogen) atoms. The quantitative estimate of drug-likeness (QED) is 0.602. The van der Waals surface area contributed by atoms with Crippen LogP contribution in [-0.4, -0.2) is 21.1 Å². The Morgan fingerprint density at radius 3 is 2.44 bits per heavy atom. The molecule has 0 radical (unpaired) electrons. The van der Waals surface area contributed by atoms with Gasteiger partial charge in [0.05, 0.1) is 15.4 Å². The maximum absolute atomic E-state index is 13.1. The number of sulfone groups is 1. The second kappa shape index (κ2) is 6.32. The third kappa shape index (κ3) is 3.48. The van der Waals surface area contributed by atoms with Crippen LogP contribution in [0, 0.1) is 11.5 Å². The third-order valence-corrected chi connectivity index (χ3v) is 6.77. The topological polar surface area (TPSA) is 56.1 Å². The summed E-state index contributed by atoms with van der Waals surface area (Å²) in [5, 5.41) is 0. The van der Waals surface area contributed by atoms with Crippen LogP contribution in [0.2, 0.25) is 19.6 Å². The molecule has 0 spiro atoms. The van der Waals surface area contributed by atoms with Gasteiger partial charge in [0, 0.05) is 12.2 Å². The molecule has 0 saturated carbocycles. The first-order valence-electron chi connectivity index (χ1n) is 8.30. The van der Waals surface area contributed by atoms with Crippen molar-refractivity contribution in [3.8, 4) is 11.5 Å². The summed E-state index contributed by atoms with van der Waals surface area (Å²) in [6.45, 7) is 6.82. The number of aromatic nitrogens is 1. The Balaban J connectivity index is 2.26. The van der Waals surface area contributed by atoms with Gasteiger partial charge in [-0.3, -0.25) is 4.79 Å². The van der Waals surface area contributed by atoms with E-state index < -0.39 is 17.9 Å². The predicted octanol–water partition coefficient (Wildman–Crippen LogP) is 2.86. The Labute approximate surface area is 149 Å². The zero-order valence-electron chi connectivity index (χ0n) is 14.7. The molecule has 1 aliphatic rings. The lowest BCUT2D eigenvalue weighted by Gasteiger charge is -2.12. The van der Waals surface area contributed by atoms with Crippen LogP contribution in [0.1, 0.15) is 17.7 Å². The Morgan fingerprint density at radius 1 is 1.12 bits per heavy atom. The molecule has 1 aromatic heterocycles. The largest absolute Gasteiger partial charge is 0.310 e. The van der Waals surface area contributed by atoms with Gasteiger partial charge in [-0.05, 0) is 31.0 Å². The summed E-state index contributed by atoms with van der Waals surface area (Å²) in [6.07, 6.45) is 1.37. The summed E-state index contributed by atoms with van der Waals surface area (Å²) >= 11 is 0. The average Bonchev–Trinajstić information content (AvgIpc) is 3.04. The fourth-order valence-corrected chi connectivity index (χ4v) is 4.95. The minimum absolute atomic E-state index is 0.176. The highest BCUT2D eigenvalue weighted by atomic mass is 32.2. The third-order valence-electron chi connectivity index (χ3n) is 4.07. The molecule has 0 N–H and O–H groups in total. The monoisotopic (exact) mass is 371 g/mol. The first-order chi connectivity index (χ1) is 11.7. The van der Waals surface area contributed by atoms with Crippen molar-refractivity contribution in [1.29, 1.82) is 0 Å². The van der Waals surface area contributed by atoms with E-state index in [0.717, 1.165) is 6.42 Å². The maximum Gasteiger partial charge on any atom is 0.266 e. The van der Waals surface area contributed by atoms with E-state index in [1.54, 1.807) is 34.9 Å². The molecule has 0 fully saturated rings. The Hall–Kier alpha value is -2.10. The SMILES string of the molecule is C[Si](C)(C)C#Cc1cc(S(=O)(=O)c2ccccc2)c2n(c1=O)CCC2. The smallest absolute Gasteiger partial charge is 0.266 e. The van der Waals surface area contributed by atoms with Gasteiger partial charge in [-0.1, -0.05) is 43.8 Å². The fourth-order valence-electron chi connectivity index (χ4n) is 2.88. The molecule has 0 saturated heterocycles. The number of hydrogen-bond donors (Lipinski definition) is 0. The van der Waals surface area contributed by atoms with Crippen molar-refractivity contribution in [2.24, 2.45) is 0 Å². The van der Waals surface area contributed by atoms with E-state index in [4.69, 9.17) is 0 Å². The average molecular weight is 372 g/mol. The highest BCUT2D eigenvalue weighted by Gasteiger charge is 2.27. The van der Waals surface area contributed by atoms with Gasteiger partial charge in [-0.25, -0.2) is 8.42 Å². The molecule has 0 amide bonds. The van der Waals surface area contributed by atoms with Crippen LogP contribution in [0.5, 0.6) is 0 Å². The van der Waals surface area contributed by atoms with Crippen LogP contribution >= 0.6 is 0 Å². The number of hydrogen-bond acceptors (Lipinski definition) is 3. The van der Waals surface area contributed by atoms with E-state index in [-0.39, 0.29) is 20.9 Å². The van der Waals surface area contributed by atoms with Crippen LogP contribution in [0.4, 0.5) is 0 Å². The van der Waals surface area contributed by atoms with Gasteiger partial charge in [0.1, 0.15) is 8.07 Å². The van der Waals surface area contributed by atoms with Crippen molar-refractivity contribution in [1.82, 2.24) is 4.57 Å². The molecule has 1 aliphatic heterocycles. The fraction of sp³-hybridized carbons (Fsp3) is 0.316. The molecule has 1 aromatic carbocycles. The van der Waals surface area contributed by atoms with Crippen LogP contribution < -0.4 is 5.56 Å². The van der Waals surface area contributed by atoms with Gasteiger partial charge in [0.2, 0.25) is 9.84 Å². The van der Waals surface area contributed by atoms with Crippen LogP contribution in [0.15, 0.2) is 51.0 Å². The van der Waals surface area contributed by atoms with Crippen LogP contribution in [0.3, 0.4) is 0 Å². The van der Waals surface area contributed by atoms with Crippen molar-refractivity contribution in [2.45, 2.75) is 48.8 Å². The standard InChI is InChI=1S/C19H21NO3SSi/c1-25(2,3)13-11-15-14-18(17-10-7-12-20(17)19(15)21)24(22,23)16-8-5-4-6-9-16/h4-6,8-9,14H,7,10,12H2,1-3H3. The van der Waals surface area contributed by atoms with E-state index in [2.05, 4.69) is 31.1 Å². The van der Waals surface area contributed by atoms with Crippen LogP contribution in [-0.2, 0) is 22.8 Å². The number of benzene rings is 1. The predicted molar refractivity (Wildman–Crippen MR) is 101 cm³/mol. The summed E-state index contributed by atoms with van der Waals surface area (Å²) in [7, 11) is -5.35. The van der Waals surface area contributed by atoms with Gasteiger partial charge < -0.3 is 4.57 Å². The molecule has 0 unspecified atom stereocenters. The van der Waals surface area contributed by atoms with Crippen molar-refractivity contribution >= 4 is 17.9 Å². The Kier molecular flexibility index (Phi) is 4.48. The number of nitrogens with zero attached hydrogens (tertiary/aromatic N) is 1. The Morgan fingerprint density at radius 2 is 1.80 bits per heavy atom. The van der Waals surface area contributed by atoms with Crippen molar-refractivity contribution in [2.75, 3.05) is 0 Å². The molecule has 130 valence electrons.